The van der Waals surface area contributed by atoms with Crippen LogP contribution < -0.4 is 5.73 Å². The lowest BCUT2D eigenvalue weighted by molar-refractivity contribution is -0.250. The van der Waals surface area contributed by atoms with Crippen molar-refractivity contribution in [2.45, 2.75) is 76.7 Å². The van der Waals surface area contributed by atoms with E-state index in [1.165, 1.54) is 0 Å². The number of hydrogen-bond acceptors (Lipinski definition) is 3. The maximum atomic E-state index is 12.9. The monoisotopic (exact) mass is 269 g/mol. The van der Waals surface area contributed by atoms with Gasteiger partial charge in [-0.15, -0.1) is 0 Å². The van der Waals surface area contributed by atoms with E-state index in [-0.39, 0.29) is 18.6 Å². The van der Waals surface area contributed by atoms with Crippen molar-refractivity contribution in [2.24, 2.45) is 5.73 Å². The predicted octanol–water partition coefficient (Wildman–Crippen LogP) is 2.63. The molecule has 18 heavy (non-hydrogen) atoms. The summed E-state index contributed by atoms with van der Waals surface area (Å²) in [6, 6.07) is -1.02. The van der Waals surface area contributed by atoms with Crippen LogP contribution in [-0.2, 0) is 9.47 Å². The average molecular weight is 269 g/mol. The van der Waals surface area contributed by atoms with E-state index < -0.39 is 24.4 Å². The minimum atomic E-state index is -4.42. The van der Waals surface area contributed by atoms with Crippen molar-refractivity contribution in [3.63, 3.8) is 0 Å². The summed E-state index contributed by atoms with van der Waals surface area (Å²) >= 11 is 0. The molecule has 0 aromatic heterocycles. The highest BCUT2D eigenvalue weighted by Gasteiger charge is 2.46. The Kier molecular flexibility index (Phi) is 5.43. The third kappa shape index (κ3) is 4.40. The standard InChI is InChI=1S/C12H22F3NO2/c1-4-10(16)11(12(13,14)15)18-9-5-7(2)17-8(3)6-9/h7-11H,4-6,16H2,1-3H3. The van der Waals surface area contributed by atoms with Gasteiger partial charge in [0.15, 0.2) is 6.10 Å². The molecule has 1 fully saturated rings. The molecule has 1 rings (SSSR count). The summed E-state index contributed by atoms with van der Waals surface area (Å²) in [4.78, 5) is 0. The molecule has 1 saturated heterocycles. The van der Waals surface area contributed by atoms with Crippen LogP contribution in [0.15, 0.2) is 0 Å². The molecule has 0 aromatic rings. The van der Waals surface area contributed by atoms with Gasteiger partial charge in [-0.05, 0) is 33.1 Å². The Bertz CT molecular complexity index is 250. The van der Waals surface area contributed by atoms with Crippen molar-refractivity contribution in [1.29, 1.82) is 0 Å². The maximum Gasteiger partial charge on any atom is 0.416 e. The Morgan fingerprint density at radius 3 is 2.17 bits per heavy atom. The lowest BCUT2D eigenvalue weighted by Crippen LogP contribution is -2.50. The highest BCUT2D eigenvalue weighted by atomic mass is 19.4. The van der Waals surface area contributed by atoms with E-state index in [0.717, 1.165) is 0 Å². The van der Waals surface area contributed by atoms with Gasteiger partial charge in [0.05, 0.1) is 18.3 Å². The number of alkyl halides is 3. The predicted molar refractivity (Wildman–Crippen MR) is 62.2 cm³/mol. The van der Waals surface area contributed by atoms with Crippen LogP contribution in [0.2, 0.25) is 0 Å². The van der Waals surface area contributed by atoms with Crippen LogP contribution in [0.5, 0.6) is 0 Å². The molecule has 6 heteroatoms. The largest absolute Gasteiger partial charge is 0.416 e. The minimum Gasteiger partial charge on any atom is -0.375 e. The molecular formula is C12H22F3NO2. The van der Waals surface area contributed by atoms with Gasteiger partial charge in [0.25, 0.3) is 0 Å². The van der Waals surface area contributed by atoms with Crippen LogP contribution in [-0.4, -0.2) is 36.6 Å². The summed E-state index contributed by atoms with van der Waals surface area (Å²) in [5.74, 6) is 0. The summed E-state index contributed by atoms with van der Waals surface area (Å²) in [5, 5.41) is 0. The van der Waals surface area contributed by atoms with E-state index in [2.05, 4.69) is 0 Å². The molecule has 0 spiro atoms. The molecule has 0 amide bonds. The Labute approximate surface area is 106 Å². The van der Waals surface area contributed by atoms with Gasteiger partial charge in [-0.25, -0.2) is 0 Å². The lowest BCUT2D eigenvalue weighted by atomic mass is 10.0. The van der Waals surface area contributed by atoms with Gasteiger partial charge in [0.2, 0.25) is 0 Å². The molecule has 4 atom stereocenters. The minimum absolute atomic E-state index is 0.0783. The summed E-state index contributed by atoms with van der Waals surface area (Å²) in [6.45, 7) is 5.31. The Morgan fingerprint density at radius 2 is 1.78 bits per heavy atom. The van der Waals surface area contributed by atoms with Gasteiger partial charge in [-0.1, -0.05) is 6.92 Å². The van der Waals surface area contributed by atoms with Gasteiger partial charge in [0.1, 0.15) is 0 Å². The number of ether oxygens (including phenoxy) is 2. The molecule has 1 aliphatic rings. The second kappa shape index (κ2) is 6.21. The highest BCUT2D eigenvalue weighted by Crippen LogP contribution is 2.30. The van der Waals surface area contributed by atoms with Crippen LogP contribution in [0.1, 0.15) is 40.0 Å². The van der Waals surface area contributed by atoms with Crippen molar-refractivity contribution in [2.75, 3.05) is 0 Å². The quantitative estimate of drug-likeness (QED) is 0.853. The summed E-state index contributed by atoms with van der Waals surface area (Å²) in [5.41, 5.74) is 5.51. The Hall–Kier alpha value is -0.330. The molecule has 0 saturated carbocycles. The summed E-state index contributed by atoms with van der Waals surface area (Å²) in [7, 11) is 0. The van der Waals surface area contributed by atoms with Gasteiger partial charge in [-0.3, -0.25) is 0 Å². The molecule has 0 aromatic carbocycles. The SMILES string of the molecule is CCC(N)C(OC1CC(C)OC(C)C1)C(F)(F)F. The molecule has 1 heterocycles. The van der Waals surface area contributed by atoms with Gasteiger partial charge >= 0.3 is 6.18 Å². The molecule has 108 valence electrons. The van der Waals surface area contributed by atoms with E-state index in [1.54, 1.807) is 6.92 Å². The van der Waals surface area contributed by atoms with Crippen molar-refractivity contribution < 1.29 is 22.6 Å². The molecule has 4 unspecified atom stereocenters. The molecule has 3 nitrogen and oxygen atoms in total. The molecule has 0 aliphatic carbocycles. The van der Waals surface area contributed by atoms with E-state index in [9.17, 15) is 13.2 Å². The number of hydrogen-bond donors (Lipinski definition) is 1. The second-order valence-corrected chi connectivity index (χ2v) is 5.02. The van der Waals surface area contributed by atoms with Gasteiger partial charge in [-0.2, -0.15) is 13.2 Å². The fourth-order valence-corrected chi connectivity index (χ4v) is 2.30. The first kappa shape index (κ1) is 15.7. The molecular weight excluding hydrogens is 247 g/mol. The van der Waals surface area contributed by atoms with Crippen LogP contribution in [0.3, 0.4) is 0 Å². The van der Waals surface area contributed by atoms with Crippen LogP contribution in [0.25, 0.3) is 0 Å². The second-order valence-electron chi connectivity index (χ2n) is 5.02. The zero-order valence-corrected chi connectivity index (χ0v) is 11.0. The first-order valence-corrected chi connectivity index (χ1v) is 6.37. The zero-order chi connectivity index (χ0) is 13.9. The normalized spacial score (nSPS) is 33.2. The fraction of sp³-hybridized carbons (Fsp3) is 1.00. The van der Waals surface area contributed by atoms with Crippen LogP contribution in [0.4, 0.5) is 13.2 Å². The van der Waals surface area contributed by atoms with E-state index in [4.69, 9.17) is 15.2 Å². The smallest absolute Gasteiger partial charge is 0.375 e. The van der Waals surface area contributed by atoms with Gasteiger partial charge in [0, 0.05) is 6.04 Å². The van der Waals surface area contributed by atoms with Crippen LogP contribution in [0, 0.1) is 0 Å². The van der Waals surface area contributed by atoms with E-state index >= 15 is 0 Å². The van der Waals surface area contributed by atoms with Crippen molar-refractivity contribution in [3.8, 4) is 0 Å². The lowest BCUT2D eigenvalue weighted by Gasteiger charge is -2.36. The zero-order valence-electron chi connectivity index (χ0n) is 11.0. The first-order chi connectivity index (χ1) is 8.24. The summed E-state index contributed by atoms with van der Waals surface area (Å²) in [6.07, 6.45) is -5.70. The maximum absolute atomic E-state index is 12.9. The summed E-state index contributed by atoms with van der Waals surface area (Å²) < 4.78 is 49.3. The molecule has 0 bridgehead atoms. The number of rotatable bonds is 4. The van der Waals surface area contributed by atoms with Crippen molar-refractivity contribution in [1.82, 2.24) is 0 Å². The van der Waals surface area contributed by atoms with Crippen molar-refractivity contribution in [3.05, 3.63) is 0 Å². The molecule has 2 N–H and O–H groups in total. The molecule has 1 aliphatic heterocycles. The molecule has 0 radical (unpaired) electrons. The Morgan fingerprint density at radius 1 is 1.28 bits per heavy atom. The van der Waals surface area contributed by atoms with E-state index in [1.807, 2.05) is 13.8 Å². The Balaban J connectivity index is 2.65. The van der Waals surface area contributed by atoms with Gasteiger partial charge < -0.3 is 15.2 Å². The van der Waals surface area contributed by atoms with Crippen LogP contribution >= 0.6 is 0 Å². The topological polar surface area (TPSA) is 44.5 Å². The fourth-order valence-electron chi connectivity index (χ4n) is 2.30. The third-order valence-corrected chi connectivity index (χ3v) is 3.18. The van der Waals surface area contributed by atoms with E-state index in [0.29, 0.717) is 12.8 Å². The van der Waals surface area contributed by atoms with Crippen molar-refractivity contribution >= 4 is 0 Å². The highest BCUT2D eigenvalue weighted by molar-refractivity contribution is 4.83. The first-order valence-electron chi connectivity index (χ1n) is 6.37. The number of halogens is 3. The average Bonchev–Trinajstić information content (AvgIpc) is 2.22. The number of nitrogens with two attached hydrogens (primary N) is 1. The third-order valence-electron chi connectivity index (χ3n) is 3.18.